The Hall–Kier alpha value is -4.31. The number of hydrogen-bond acceptors (Lipinski definition) is 7. The fraction of sp³-hybridized carbons (Fsp3) is 0.250. The number of primary amides is 1. The van der Waals surface area contributed by atoms with E-state index in [-0.39, 0.29) is 22.2 Å². The molecule has 9 nitrogen and oxygen atoms in total. The van der Waals surface area contributed by atoms with Crippen LogP contribution >= 0.6 is 11.5 Å². The minimum atomic E-state index is -1.07. The fourth-order valence-corrected chi connectivity index (χ4v) is 4.74. The molecule has 0 saturated carbocycles. The second-order valence-corrected chi connectivity index (χ2v) is 10.5. The molecule has 38 heavy (non-hydrogen) atoms. The molecule has 2 aromatic heterocycles. The maximum Gasteiger partial charge on any atom is 0.273 e. The zero-order valence-electron chi connectivity index (χ0n) is 21.7. The Kier molecular flexibility index (Phi) is 7.45. The molecule has 0 spiro atoms. The van der Waals surface area contributed by atoms with Gasteiger partial charge in [-0.3, -0.25) is 24.3 Å². The molecule has 5 N–H and O–H groups in total. The number of amides is 3. The largest absolute Gasteiger partial charge is 0.395 e. The van der Waals surface area contributed by atoms with Gasteiger partial charge in [0.2, 0.25) is 5.91 Å². The summed E-state index contributed by atoms with van der Waals surface area (Å²) in [5, 5.41) is 3.91. The Labute approximate surface area is 225 Å². The van der Waals surface area contributed by atoms with Gasteiger partial charge < -0.3 is 16.8 Å². The summed E-state index contributed by atoms with van der Waals surface area (Å²) in [7, 11) is 0. The number of rotatable bonds is 8. The molecule has 0 bridgehead atoms. The zero-order valence-corrected chi connectivity index (χ0v) is 22.5. The number of fused-ring (bicyclic) bond motifs is 1. The van der Waals surface area contributed by atoms with E-state index in [1.807, 2.05) is 64.1 Å². The van der Waals surface area contributed by atoms with Gasteiger partial charge in [-0.1, -0.05) is 36.8 Å². The van der Waals surface area contributed by atoms with Gasteiger partial charge in [-0.25, -0.2) is 0 Å². The number of anilines is 2. The quantitative estimate of drug-likeness (QED) is 0.308. The van der Waals surface area contributed by atoms with Crippen LogP contribution in [0.4, 0.5) is 11.4 Å². The summed E-state index contributed by atoms with van der Waals surface area (Å²) in [6.07, 6.45) is 2.37. The highest BCUT2D eigenvalue weighted by molar-refractivity contribution is 7.09. The van der Waals surface area contributed by atoms with Gasteiger partial charge in [-0.05, 0) is 74.6 Å². The van der Waals surface area contributed by atoms with E-state index in [0.717, 1.165) is 28.0 Å². The Morgan fingerprint density at radius 2 is 1.82 bits per heavy atom. The molecule has 0 fully saturated rings. The minimum Gasteiger partial charge on any atom is -0.395 e. The Bertz CT molecular complexity index is 1510. The summed E-state index contributed by atoms with van der Waals surface area (Å²) in [5.41, 5.74) is 13.5. The molecule has 0 unspecified atom stereocenters. The van der Waals surface area contributed by atoms with Crippen LogP contribution in [0.25, 0.3) is 10.9 Å². The van der Waals surface area contributed by atoms with E-state index in [1.165, 1.54) is 4.90 Å². The second-order valence-electron chi connectivity index (χ2n) is 9.73. The van der Waals surface area contributed by atoms with Crippen molar-refractivity contribution >= 4 is 51.5 Å². The van der Waals surface area contributed by atoms with E-state index >= 15 is 0 Å². The van der Waals surface area contributed by atoms with E-state index < -0.39 is 23.4 Å². The summed E-state index contributed by atoms with van der Waals surface area (Å²) >= 11 is 0.775. The molecule has 0 radical (unpaired) electrons. The van der Waals surface area contributed by atoms with E-state index in [9.17, 15) is 14.4 Å². The topological polar surface area (TPSA) is 144 Å². The number of nitrogen functional groups attached to an aromatic ring is 1. The lowest BCUT2D eigenvalue weighted by atomic mass is 9.97. The average molecular weight is 531 g/mol. The molecule has 2 aromatic carbocycles. The first-order valence-electron chi connectivity index (χ1n) is 12.1. The van der Waals surface area contributed by atoms with Crippen LogP contribution in [0.3, 0.4) is 0 Å². The number of nitrogens with one attached hydrogen (secondary N) is 1. The normalized spacial score (nSPS) is 12.2. The highest BCUT2D eigenvalue weighted by Crippen LogP contribution is 2.34. The molecule has 196 valence electrons. The number of nitrogens with two attached hydrogens (primary N) is 2. The molecule has 3 amide bonds. The number of carbonyl (C=O) groups is 3. The van der Waals surface area contributed by atoms with Crippen molar-refractivity contribution in [2.75, 3.05) is 10.6 Å². The van der Waals surface area contributed by atoms with E-state index in [2.05, 4.69) is 14.7 Å². The van der Waals surface area contributed by atoms with Gasteiger partial charge in [-0.2, -0.15) is 4.37 Å². The van der Waals surface area contributed by atoms with Crippen molar-refractivity contribution < 1.29 is 14.4 Å². The third-order valence-corrected chi connectivity index (χ3v) is 7.33. The number of carbonyl (C=O) groups excluding carboxylic acids is 3. The number of aromatic nitrogens is 2. The molecule has 1 atom stereocenters. The molecule has 10 heteroatoms. The van der Waals surface area contributed by atoms with Crippen LogP contribution in [0, 0.1) is 6.92 Å². The predicted molar refractivity (Wildman–Crippen MR) is 150 cm³/mol. The summed E-state index contributed by atoms with van der Waals surface area (Å²) in [6, 6.07) is 15.4. The van der Waals surface area contributed by atoms with Gasteiger partial charge in [0.1, 0.15) is 10.9 Å². The molecule has 0 aliphatic rings. The van der Waals surface area contributed by atoms with Crippen molar-refractivity contribution in [3.05, 3.63) is 82.5 Å². The number of hydrogen-bond donors (Lipinski definition) is 3. The molecule has 0 saturated heterocycles. The van der Waals surface area contributed by atoms with Crippen LogP contribution < -0.4 is 21.7 Å². The highest BCUT2D eigenvalue weighted by atomic mass is 32.1. The fourth-order valence-electron chi connectivity index (χ4n) is 4.00. The summed E-state index contributed by atoms with van der Waals surface area (Å²) < 4.78 is 4.00. The molecule has 0 aliphatic heterocycles. The predicted octanol–water partition coefficient (Wildman–Crippen LogP) is 4.37. The highest BCUT2D eigenvalue weighted by Gasteiger charge is 2.37. The van der Waals surface area contributed by atoms with Crippen LogP contribution in [0.15, 0.2) is 60.8 Å². The molecule has 4 aromatic rings. The van der Waals surface area contributed by atoms with E-state index in [0.29, 0.717) is 17.7 Å². The Morgan fingerprint density at radius 3 is 2.45 bits per heavy atom. The number of aryl methyl sites for hydroxylation is 1. The Balaban J connectivity index is 1.94. The Morgan fingerprint density at radius 1 is 1.11 bits per heavy atom. The zero-order chi connectivity index (χ0) is 27.6. The average Bonchev–Trinajstić information content (AvgIpc) is 3.28. The number of benzene rings is 2. The van der Waals surface area contributed by atoms with Crippen molar-refractivity contribution in [2.45, 2.75) is 45.7 Å². The van der Waals surface area contributed by atoms with Crippen LogP contribution in [-0.2, 0) is 4.79 Å². The lowest BCUT2D eigenvalue weighted by molar-refractivity contribution is -0.124. The maximum atomic E-state index is 14.2. The second kappa shape index (κ2) is 10.6. The first kappa shape index (κ1) is 26.7. The maximum absolute atomic E-state index is 14.2. The van der Waals surface area contributed by atoms with Crippen LogP contribution in [0.2, 0.25) is 0 Å². The number of pyridine rings is 1. The summed E-state index contributed by atoms with van der Waals surface area (Å²) in [4.78, 5) is 45.8. The lowest BCUT2D eigenvalue weighted by Crippen LogP contribution is -2.50. The van der Waals surface area contributed by atoms with E-state index in [4.69, 9.17) is 11.5 Å². The molecular formula is C28H30N6O3S. The smallest absolute Gasteiger partial charge is 0.273 e. The van der Waals surface area contributed by atoms with Crippen molar-refractivity contribution in [1.82, 2.24) is 14.7 Å². The van der Waals surface area contributed by atoms with Gasteiger partial charge in [0, 0.05) is 22.8 Å². The minimum absolute atomic E-state index is 0.0226. The molecule has 4 rings (SSSR count). The first-order valence-corrected chi connectivity index (χ1v) is 12.9. The van der Waals surface area contributed by atoms with Crippen molar-refractivity contribution in [3.8, 4) is 0 Å². The van der Waals surface area contributed by atoms with Crippen LogP contribution in [-0.4, -0.2) is 32.6 Å². The SMILES string of the molecule is CCC(C)(C)NC(=O)[C@H](c1ccc2ncccc2c1)N(C(=O)c1snc(C(N)=O)c1N)c1ccc(C)cc1. The third-order valence-electron chi connectivity index (χ3n) is 6.48. The summed E-state index contributed by atoms with van der Waals surface area (Å²) in [5.74, 6) is -1.77. The van der Waals surface area contributed by atoms with Crippen molar-refractivity contribution in [1.29, 1.82) is 0 Å². The van der Waals surface area contributed by atoms with E-state index in [1.54, 1.807) is 24.4 Å². The first-order chi connectivity index (χ1) is 18.0. The molecular weight excluding hydrogens is 500 g/mol. The molecule has 0 aliphatic carbocycles. The van der Waals surface area contributed by atoms with Gasteiger partial charge in [0.25, 0.3) is 11.8 Å². The summed E-state index contributed by atoms with van der Waals surface area (Å²) in [6.45, 7) is 7.75. The van der Waals surface area contributed by atoms with Crippen molar-refractivity contribution in [3.63, 3.8) is 0 Å². The van der Waals surface area contributed by atoms with Gasteiger partial charge in [-0.15, -0.1) is 0 Å². The standard InChI is InChI=1S/C28H30N6O3S/c1-5-28(3,4)32-26(36)23(18-10-13-20-17(15-18)7-6-14-31-20)34(19-11-8-16(2)9-12-19)27(37)24-21(29)22(25(30)35)33-38-24/h6-15,23H,5,29H2,1-4H3,(H2,30,35)(H,32,36)/t23-/m0/s1. The van der Waals surface area contributed by atoms with Crippen molar-refractivity contribution in [2.24, 2.45) is 5.73 Å². The van der Waals surface area contributed by atoms with Crippen LogP contribution in [0.5, 0.6) is 0 Å². The lowest BCUT2D eigenvalue weighted by Gasteiger charge is -2.34. The number of nitrogens with zero attached hydrogens (tertiary/aromatic N) is 3. The monoisotopic (exact) mass is 530 g/mol. The van der Waals surface area contributed by atoms with Crippen LogP contribution in [0.1, 0.15) is 64.5 Å². The van der Waals surface area contributed by atoms with Gasteiger partial charge >= 0.3 is 0 Å². The molecule has 2 heterocycles. The third kappa shape index (κ3) is 5.35. The van der Waals surface area contributed by atoms with Gasteiger partial charge in [0.15, 0.2) is 5.69 Å². The van der Waals surface area contributed by atoms with Gasteiger partial charge in [0.05, 0.1) is 11.2 Å².